The average molecular weight is 397 g/mol. The SMILES string of the molecule is O=C1CN[C@H](Cc2cccc(F)c2)N1c1ccc(Oc2ccc(Cl)cc2)cc1. The third-order valence-electron chi connectivity index (χ3n) is 4.55. The largest absolute Gasteiger partial charge is 0.457 e. The summed E-state index contributed by atoms with van der Waals surface area (Å²) in [7, 11) is 0. The summed E-state index contributed by atoms with van der Waals surface area (Å²) in [6.07, 6.45) is 0.296. The first-order valence-electron chi connectivity index (χ1n) is 8.92. The summed E-state index contributed by atoms with van der Waals surface area (Å²) in [5.41, 5.74) is 1.60. The molecule has 0 saturated carbocycles. The monoisotopic (exact) mass is 396 g/mol. The molecular weight excluding hydrogens is 379 g/mol. The molecule has 3 aromatic rings. The molecule has 28 heavy (non-hydrogen) atoms. The summed E-state index contributed by atoms with van der Waals surface area (Å²) < 4.78 is 19.3. The molecule has 0 bridgehead atoms. The van der Waals surface area contributed by atoms with Crippen molar-refractivity contribution in [2.75, 3.05) is 11.4 Å². The lowest BCUT2D eigenvalue weighted by Crippen LogP contribution is -2.39. The number of carbonyl (C=O) groups is 1. The number of benzene rings is 3. The van der Waals surface area contributed by atoms with Crippen LogP contribution in [0.25, 0.3) is 0 Å². The summed E-state index contributed by atoms with van der Waals surface area (Å²) in [5, 5.41) is 3.84. The van der Waals surface area contributed by atoms with Crippen molar-refractivity contribution >= 4 is 23.2 Å². The van der Waals surface area contributed by atoms with Crippen molar-refractivity contribution in [3.63, 3.8) is 0 Å². The molecule has 0 aliphatic carbocycles. The molecule has 1 aliphatic rings. The molecule has 1 fully saturated rings. The number of amides is 1. The van der Waals surface area contributed by atoms with Gasteiger partial charge in [-0.1, -0.05) is 23.7 Å². The van der Waals surface area contributed by atoms with Crippen LogP contribution in [0.4, 0.5) is 10.1 Å². The van der Waals surface area contributed by atoms with Crippen LogP contribution in [0, 0.1) is 5.82 Å². The van der Waals surface area contributed by atoms with Crippen LogP contribution in [0.2, 0.25) is 5.02 Å². The molecule has 0 spiro atoms. The van der Waals surface area contributed by atoms with E-state index in [1.165, 1.54) is 12.1 Å². The van der Waals surface area contributed by atoms with Gasteiger partial charge in [-0.15, -0.1) is 0 Å². The molecule has 1 amide bonds. The minimum absolute atomic E-state index is 0.0206. The standard InChI is InChI=1S/C22H18ClFN2O2/c23-16-4-8-19(9-5-16)28-20-10-6-18(7-11-20)26-21(25-14-22(26)27)13-15-2-1-3-17(24)12-15/h1-12,21,25H,13-14H2/t21-/m0/s1. The average Bonchev–Trinajstić information content (AvgIpc) is 3.04. The van der Waals surface area contributed by atoms with Crippen molar-refractivity contribution in [3.05, 3.63) is 89.2 Å². The number of halogens is 2. The quantitative estimate of drug-likeness (QED) is 0.675. The van der Waals surface area contributed by atoms with Crippen LogP contribution in [-0.2, 0) is 11.2 Å². The van der Waals surface area contributed by atoms with E-state index in [1.54, 1.807) is 35.2 Å². The van der Waals surface area contributed by atoms with Crippen molar-refractivity contribution in [1.29, 1.82) is 0 Å². The smallest absolute Gasteiger partial charge is 0.242 e. The van der Waals surface area contributed by atoms with Crippen molar-refractivity contribution in [1.82, 2.24) is 5.32 Å². The molecule has 0 aromatic heterocycles. The van der Waals surface area contributed by atoms with Crippen molar-refractivity contribution in [3.8, 4) is 11.5 Å². The van der Waals surface area contributed by atoms with Gasteiger partial charge in [-0.3, -0.25) is 15.0 Å². The summed E-state index contributed by atoms with van der Waals surface area (Å²) >= 11 is 5.88. The van der Waals surface area contributed by atoms with Gasteiger partial charge >= 0.3 is 0 Å². The van der Waals surface area contributed by atoms with Crippen LogP contribution in [0.1, 0.15) is 5.56 Å². The zero-order valence-corrected chi connectivity index (χ0v) is 15.7. The van der Waals surface area contributed by atoms with Gasteiger partial charge in [0.2, 0.25) is 5.91 Å². The highest BCUT2D eigenvalue weighted by Crippen LogP contribution is 2.28. The van der Waals surface area contributed by atoms with E-state index < -0.39 is 0 Å². The maximum atomic E-state index is 13.5. The number of rotatable bonds is 5. The second-order valence-electron chi connectivity index (χ2n) is 6.54. The molecule has 1 heterocycles. The summed E-state index contributed by atoms with van der Waals surface area (Å²) in [5.74, 6) is 1.04. The van der Waals surface area contributed by atoms with E-state index in [4.69, 9.17) is 16.3 Å². The molecule has 142 valence electrons. The minimum atomic E-state index is -0.280. The fraction of sp³-hybridized carbons (Fsp3) is 0.136. The normalized spacial score (nSPS) is 16.4. The van der Waals surface area contributed by atoms with Gasteiger partial charge in [-0.05, 0) is 66.2 Å². The van der Waals surface area contributed by atoms with Crippen LogP contribution in [-0.4, -0.2) is 18.6 Å². The Labute approximate surface area is 167 Å². The van der Waals surface area contributed by atoms with Crippen LogP contribution >= 0.6 is 11.6 Å². The molecule has 0 radical (unpaired) electrons. The number of hydrogen-bond acceptors (Lipinski definition) is 3. The lowest BCUT2D eigenvalue weighted by Gasteiger charge is -2.24. The third kappa shape index (κ3) is 4.16. The lowest BCUT2D eigenvalue weighted by atomic mass is 10.1. The van der Waals surface area contributed by atoms with E-state index in [2.05, 4.69) is 5.32 Å². The molecule has 6 heteroatoms. The maximum Gasteiger partial charge on any atom is 0.242 e. The molecule has 0 unspecified atom stereocenters. The summed E-state index contributed by atoms with van der Waals surface area (Å²) in [6, 6.07) is 20.8. The van der Waals surface area contributed by atoms with E-state index in [1.807, 2.05) is 30.3 Å². The fourth-order valence-electron chi connectivity index (χ4n) is 3.24. The van der Waals surface area contributed by atoms with Crippen LogP contribution in [0.15, 0.2) is 72.8 Å². The third-order valence-corrected chi connectivity index (χ3v) is 4.80. The minimum Gasteiger partial charge on any atom is -0.457 e. The summed E-state index contributed by atoms with van der Waals surface area (Å²) in [6.45, 7) is 0.253. The van der Waals surface area contributed by atoms with Crippen LogP contribution < -0.4 is 15.0 Å². The zero-order chi connectivity index (χ0) is 19.5. The Hall–Kier alpha value is -2.89. The number of nitrogens with zero attached hydrogens (tertiary/aromatic N) is 1. The first-order chi connectivity index (χ1) is 13.6. The molecule has 1 atom stereocenters. The Morgan fingerprint density at radius 2 is 1.71 bits per heavy atom. The topological polar surface area (TPSA) is 41.6 Å². The Morgan fingerprint density at radius 1 is 1.04 bits per heavy atom. The van der Waals surface area contributed by atoms with Gasteiger partial charge in [-0.2, -0.15) is 0 Å². The van der Waals surface area contributed by atoms with Crippen molar-refractivity contribution in [2.24, 2.45) is 0 Å². The van der Waals surface area contributed by atoms with Gasteiger partial charge in [-0.25, -0.2) is 4.39 Å². The first-order valence-corrected chi connectivity index (χ1v) is 9.30. The van der Waals surface area contributed by atoms with Crippen molar-refractivity contribution < 1.29 is 13.9 Å². The molecule has 1 N–H and O–H groups in total. The molecule has 4 rings (SSSR count). The molecule has 4 nitrogen and oxygen atoms in total. The number of hydrogen-bond donors (Lipinski definition) is 1. The number of carbonyl (C=O) groups excluding carboxylic acids is 1. The fourth-order valence-corrected chi connectivity index (χ4v) is 3.37. The lowest BCUT2D eigenvalue weighted by molar-refractivity contribution is -0.116. The predicted molar refractivity (Wildman–Crippen MR) is 107 cm³/mol. The first kappa shape index (κ1) is 18.5. The van der Waals surface area contributed by atoms with Gasteiger partial charge in [0.25, 0.3) is 0 Å². The highest BCUT2D eigenvalue weighted by atomic mass is 35.5. The predicted octanol–water partition coefficient (Wildman–Crippen LogP) is 4.78. The van der Waals surface area contributed by atoms with Gasteiger partial charge in [0.05, 0.1) is 12.7 Å². The van der Waals surface area contributed by atoms with E-state index in [0.29, 0.717) is 22.9 Å². The molecule has 3 aromatic carbocycles. The van der Waals surface area contributed by atoms with Crippen LogP contribution in [0.5, 0.6) is 11.5 Å². The zero-order valence-electron chi connectivity index (χ0n) is 14.9. The Balaban J connectivity index is 1.49. The van der Waals surface area contributed by atoms with Gasteiger partial charge in [0.1, 0.15) is 17.3 Å². The Morgan fingerprint density at radius 3 is 2.39 bits per heavy atom. The second kappa shape index (κ2) is 8.00. The highest BCUT2D eigenvalue weighted by molar-refractivity contribution is 6.30. The maximum absolute atomic E-state index is 13.5. The number of ether oxygens (including phenoxy) is 1. The Bertz CT molecular complexity index is 977. The molecule has 1 saturated heterocycles. The van der Waals surface area contributed by atoms with Crippen LogP contribution in [0.3, 0.4) is 0 Å². The van der Waals surface area contributed by atoms with E-state index >= 15 is 0 Å². The second-order valence-corrected chi connectivity index (χ2v) is 6.98. The van der Waals surface area contributed by atoms with E-state index in [0.717, 1.165) is 11.3 Å². The highest BCUT2D eigenvalue weighted by Gasteiger charge is 2.31. The van der Waals surface area contributed by atoms with Gasteiger partial charge in [0, 0.05) is 17.1 Å². The van der Waals surface area contributed by atoms with Gasteiger partial charge < -0.3 is 4.74 Å². The number of nitrogens with one attached hydrogen (secondary N) is 1. The molecule has 1 aliphatic heterocycles. The number of anilines is 1. The Kier molecular flexibility index (Phi) is 5.28. The van der Waals surface area contributed by atoms with Gasteiger partial charge in [0.15, 0.2) is 0 Å². The molecular formula is C22H18ClFN2O2. The van der Waals surface area contributed by atoms with E-state index in [-0.39, 0.29) is 24.4 Å². The van der Waals surface area contributed by atoms with Crippen molar-refractivity contribution in [2.45, 2.75) is 12.6 Å². The summed E-state index contributed by atoms with van der Waals surface area (Å²) in [4.78, 5) is 14.1. The van der Waals surface area contributed by atoms with E-state index in [9.17, 15) is 9.18 Å².